The number of aromatic nitrogens is 2. The van der Waals surface area contributed by atoms with Gasteiger partial charge in [0.25, 0.3) is 0 Å². The molecule has 0 saturated heterocycles. The van der Waals surface area contributed by atoms with Crippen LogP contribution in [0.25, 0.3) is 0 Å². The van der Waals surface area contributed by atoms with Crippen LogP contribution in [0.15, 0.2) is 30.3 Å². The van der Waals surface area contributed by atoms with Gasteiger partial charge in [0.1, 0.15) is 0 Å². The number of rotatable bonds is 5. The molecule has 0 aliphatic rings. The molecule has 4 nitrogen and oxygen atoms in total. The number of hydrogen-bond donors (Lipinski definition) is 1. The van der Waals surface area contributed by atoms with Crippen LogP contribution in [0.4, 0.5) is 0 Å². The Kier molecular flexibility index (Phi) is 4.78. The van der Waals surface area contributed by atoms with Crippen molar-refractivity contribution in [1.29, 1.82) is 0 Å². The molecular weight excluding hydrogens is 262 g/mol. The van der Waals surface area contributed by atoms with Gasteiger partial charge in [-0.3, -0.25) is 9.48 Å². The average Bonchev–Trinajstić information content (AvgIpc) is 2.73. The van der Waals surface area contributed by atoms with E-state index in [0.29, 0.717) is 13.1 Å². The highest BCUT2D eigenvalue weighted by Gasteiger charge is 2.16. The first-order valence-electron chi connectivity index (χ1n) is 7.31. The minimum atomic E-state index is -0.105. The fourth-order valence-corrected chi connectivity index (χ4v) is 2.27. The lowest BCUT2D eigenvalue weighted by atomic mass is 10.1. The topological polar surface area (TPSA) is 46.9 Å². The van der Waals surface area contributed by atoms with Crippen LogP contribution in [-0.2, 0) is 17.9 Å². The number of benzene rings is 1. The van der Waals surface area contributed by atoms with Gasteiger partial charge in [-0.05, 0) is 31.9 Å². The van der Waals surface area contributed by atoms with Gasteiger partial charge in [-0.1, -0.05) is 37.3 Å². The summed E-state index contributed by atoms with van der Waals surface area (Å²) in [6.07, 6.45) is 0. The highest BCUT2D eigenvalue weighted by atomic mass is 16.1. The second-order valence-electron chi connectivity index (χ2n) is 5.58. The van der Waals surface area contributed by atoms with Crippen LogP contribution in [0.2, 0.25) is 0 Å². The molecule has 0 fully saturated rings. The summed E-state index contributed by atoms with van der Waals surface area (Å²) < 4.78 is 1.93. The summed E-state index contributed by atoms with van der Waals surface area (Å²) in [5, 5.41) is 7.47. The quantitative estimate of drug-likeness (QED) is 0.918. The van der Waals surface area contributed by atoms with E-state index in [1.165, 1.54) is 5.56 Å². The molecule has 1 N–H and O–H groups in total. The average molecular weight is 285 g/mol. The van der Waals surface area contributed by atoms with Gasteiger partial charge in [-0.15, -0.1) is 0 Å². The maximum absolute atomic E-state index is 12.2. The van der Waals surface area contributed by atoms with Crippen LogP contribution in [0.3, 0.4) is 0 Å². The number of hydrogen-bond acceptors (Lipinski definition) is 2. The third-order valence-electron chi connectivity index (χ3n) is 3.95. The molecule has 0 aliphatic heterocycles. The first-order chi connectivity index (χ1) is 9.99. The van der Waals surface area contributed by atoms with E-state index < -0.39 is 0 Å². The molecule has 0 unspecified atom stereocenters. The second-order valence-corrected chi connectivity index (χ2v) is 5.58. The predicted molar refractivity (Wildman–Crippen MR) is 83.9 cm³/mol. The summed E-state index contributed by atoms with van der Waals surface area (Å²) in [5.41, 5.74) is 4.48. The Balaban J connectivity index is 1.92. The molecule has 21 heavy (non-hydrogen) atoms. The third-order valence-corrected chi connectivity index (χ3v) is 3.95. The van der Waals surface area contributed by atoms with Crippen LogP contribution >= 0.6 is 0 Å². The van der Waals surface area contributed by atoms with E-state index in [0.717, 1.165) is 17.0 Å². The van der Waals surface area contributed by atoms with Crippen molar-refractivity contribution in [2.45, 2.75) is 40.8 Å². The molecule has 2 rings (SSSR count). The molecule has 1 heterocycles. The van der Waals surface area contributed by atoms with E-state index in [4.69, 9.17) is 0 Å². The van der Waals surface area contributed by atoms with Crippen LogP contribution < -0.4 is 5.32 Å². The van der Waals surface area contributed by atoms with Gasteiger partial charge in [0.2, 0.25) is 5.91 Å². The van der Waals surface area contributed by atoms with Crippen molar-refractivity contribution in [3.8, 4) is 0 Å². The molecule has 4 heteroatoms. The molecule has 1 atom stereocenters. The third kappa shape index (κ3) is 3.72. The molecule has 0 saturated carbocycles. The Morgan fingerprint density at radius 2 is 1.90 bits per heavy atom. The molecular formula is C17H23N3O. The van der Waals surface area contributed by atoms with Gasteiger partial charge in [-0.25, -0.2) is 0 Å². The largest absolute Gasteiger partial charge is 0.352 e. The van der Waals surface area contributed by atoms with E-state index in [-0.39, 0.29) is 11.8 Å². The standard InChI is InChI=1S/C17H23N3O/c1-12(11-20-15(4)13(2)14(3)19-20)17(21)18-10-16-8-6-5-7-9-16/h5-9,12H,10-11H2,1-4H3,(H,18,21)/t12-/m0/s1. The number of nitrogens with one attached hydrogen (secondary N) is 1. The van der Waals surface area contributed by atoms with Crippen molar-refractivity contribution in [2.75, 3.05) is 0 Å². The fourth-order valence-electron chi connectivity index (χ4n) is 2.27. The normalized spacial score (nSPS) is 12.2. The SMILES string of the molecule is Cc1nn(C[C@H](C)C(=O)NCc2ccccc2)c(C)c1C. The van der Waals surface area contributed by atoms with Gasteiger partial charge in [-0.2, -0.15) is 5.10 Å². The fraction of sp³-hybridized carbons (Fsp3) is 0.412. The summed E-state index contributed by atoms with van der Waals surface area (Å²) >= 11 is 0. The van der Waals surface area contributed by atoms with E-state index in [1.807, 2.05) is 55.8 Å². The highest BCUT2D eigenvalue weighted by molar-refractivity contribution is 5.78. The lowest BCUT2D eigenvalue weighted by Gasteiger charge is -2.13. The maximum atomic E-state index is 12.2. The molecule has 1 aromatic heterocycles. The zero-order valence-corrected chi connectivity index (χ0v) is 13.2. The van der Waals surface area contributed by atoms with Crippen molar-refractivity contribution in [1.82, 2.24) is 15.1 Å². The molecule has 0 bridgehead atoms. The van der Waals surface area contributed by atoms with Gasteiger partial charge < -0.3 is 5.32 Å². The van der Waals surface area contributed by atoms with Crippen LogP contribution in [0, 0.1) is 26.7 Å². The number of carbonyl (C=O) groups is 1. The maximum Gasteiger partial charge on any atom is 0.224 e. The Labute approximate surface area is 126 Å². The Bertz CT molecular complexity index is 616. The van der Waals surface area contributed by atoms with Gasteiger partial charge in [0, 0.05) is 12.2 Å². The number of nitrogens with zero attached hydrogens (tertiary/aromatic N) is 2. The van der Waals surface area contributed by atoms with Crippen LogP contribution in [-0.4, -0.2) is 15.7 Å². The molecule has 0 aliphatic carbocycles. The minimum Gasteiger partial charge on any atom is -0.352 e. The minimum absolute atomic E-state index is 0.0593. The summed E-state index contributed by atoms with van der Waals surface area (Å²) in [5.74, 6) is -0.0461. The van der Waals surface area contributed by atoms with Gasteiger partial charge >= 0.3 is 0 Å². The summed E-state index contributed by atoms with van der Waals surface area (Å²) in [4.78, 5) is 12.2. The number of amides is 1. The van der Waals surface area contributed by atoms with E-state index >= 15 is 0 Å². The lowest BCUT2D eigenvalue weighted by Crippen LogP contribution is -2.31. The van der Waals surface area contributed by atoms with Gasteiger partial charge in [0.15, 0.2) is 0 Å². The summed E-state index contributed by atoms with van der Waals surface area (Å²) in [6, 6.07) is 9.94. The van der Waals surface area contributed by atoms with E-state index in [9.17, 15) is 4.79 Å². The number of aryl methyl sites for hydroxylation is 1. The van der Waals surface area contributed by atoms with Gasteiger partial charge in [0.05, 0.1) is 18.2 Å². The van der Waals surface area contributed by atoms with E-state index in [2.05, 4.69) is 17.3 Å². The zero-order chi connectivity index (χ0) is 15.4. The van der Waals surface area contributed by atoms with Crippen LogP contribution in [0.1, 0.15) is 29.4 Å². The summed E-state index contributed by atoms with van der Waals surface area (Å²) in [6.45, 7) is 9.23. The van der Waals surface area contributed by atoms with E-state index in [1.54, 1.807) is 0 Å². The second kappa shape index (κ2) is 6.57. The summed E-state index contributed by atoms with van der Waals surface area (Å²) in [7, 11) is 0. The lowest BCUT2D eigenvalue weighted by molar-refractivity contribution is -0.125. The van der Waals surface area contributed by atoms with Crippen molar-refractivity contribution >= 4 is 5.91 Å². The first-order valence-corrected chi connectivity index (χ1v) is 7.31. The molecule has 112 valence electrons. The van der Waals surface area contributed by atoms with Crippen molar-refractivity contribution in [3.63, 3.8) is 0 Å². The molecule has 1 aromatic carbocycles. The smallest absolute Gasteiger partial charge is 0.224 e. The van der Waals surface area contributed by atoms with Crippen molar-refractivity contribution < 1.29 is 4.79 Å². The Morgan fingerprint density at radius 3 is 2.48 bits per heavy atom. The monoisotopic (exact) mass is 285 g/mol. The first kappa shape index (κ1) is 15.3. The Hall–Kier alpha value is -2.10. The molecule has 1 amide bonds. The molecule has 0 radical (unpaired) electrons. The zero-order valence-electron chi connectivity index (χ0n) is 13.2. The Morgan fingerprint density at radius 1 is 1.24 bits per heavy atom. The van der Waals surface area contributed by atoms with Crippen molar-refractivity contribution in [2.24, 2.45) is 5.92 Å². The molecule has 2 aromatic rings. The van der Waals surface area contributed by atoms with Crippen LogP contribution in [0.5, 0.6) is 0 Å². The predicted octanol–water partition coefficient (Wildman–Crippen LogP) is 2.76. The highest BCUT2D eigenvalue weighted by Crippen LogP contribution is 2.13. The number of carbonyl (C=O) groups excluding carboxylic acids is 1. The molecule has 0 spiro atoms. The van der Waals surface area contributed by atoms with Crippen molar-refractivity contribution in [3.05, 3.63) is 52.8 Å².